The number of primary sulfonamides is 1. The standard InChI is InChI=1S/C23H25ClN2O4S/c1-29-22-7-3-5-19(23(22)30-16-18-4-2-6-20(24)14-18)15-26-13-12-17-8-10-21(11-9-17)31(25,27)28/h2-11,14,26H,12-13,15-16H2,1H3,(H2,25,27,28). The summed E-state index contributed by atoms with van der Waals surface area (Å²) in [6.45, 7) is 1.68. The van der Waals surface area contributed by atoms with Crippen LogP contribution in [0.3, 0.4) is 0 Å². The van der Waals surface area contributed by atoms with Gasteiger partial charge in [-0.25, -0.2) is 13.6 Å². The molecule has 0 heterocycles. The molecule has 164 valence electrons. The second-order valence-corrected chi connectivity index (χ2v) is 8.98. The molecule has 0 saturated carbocycles. The number of nitrogens with two attached hydrogens (primary N) is 1. The summed E-state index contributed by atoms with van der Waals surface area (Å²) in [5.74, 6) is 1.36. The van der Waals surface area contributed by atoms with Crippen molar-refractivity contribution in [3.63, 3.8) is 0 Å². The SMILES string of the molecule is COc1cccc(CNCCc2ccc(S(N)(=O)=O)cc2)c1OCc1cccc(Cl)c1. The highest BCUT2D eigenvalue weighted by Crippen LogP contribution is 2.32. The molecule has 31 heavy (non-hydrogen) atoms. The van der Waals surface area contributed by atoms with Crippen LogP contribution < -0.4 is 19.9 Å². The Hall–Kier alpha value is -2.58. The maximum Gasteiger partial charge on any atom is 0.238 e. The predicted molar refractivity (Wildman–Crippen MR) is 122 cm³/mol. The molecule has 0 bridgehead atoms. The predicted octanol–water partition coefficient (Wildman–Crippen LogP) is 3.91. The van der Waals surface area contributed by atoms with Crippen molar-refractivity contribution in [1.82, 2.24) is 5.32 Å². The van der Waals surface area contributed by atoms with Crippen molar-refractivity contribution in [2.24, 2.45) is 5.14 Å². The Morgan fingerprint density at radius 2 is 1.74 bits per heavy atom. The molecule has 3 N–H and O–H groups in total. The van der Waals surface area contributed by atoms with Gasteiger partial charge in [0.15, 0.2) is 11.5 Å². The number of rotatable bonds is 10. The number of ether oxygens (including phenoxy) is 2. The van der Waals surface area contributed by atoms with Crippen LogP contribution in [0.15, 0.2) is 71.6 Å². The number of methoxy groups -OCH3 is 1. The summed E-state index contributed by atoms with van der Waals surface area (Å²) in [7, 11) is -2.05. The number of benzene rings is 3. The largest absolute Gasteiger partial charge is 0.493 e. The van der Waals surface area contributed by atoms with Crippen LogP contribution in [0.2, 0.25) is 5.02 Å². The Kier molecular flexibility index (Phi) is 7.92. The zero-order chi connectivity index (χ0) is 22.3. The first-order valence-corrected chi connectivity index (χ1v) is 11.6. The summed E-state index contributed by atoms with van der Waals surface area (Å²) in [5.41, 5.74) is 2.97. The fraction of sp³-hybridized carbons (Fsp3) is 0.217. The molecule has 6 nitrogen and oxygen atoms in total. The quantitative estimate of drug-likeness (QED) is 0.448. The summed E-state index contributed by atoms with van der Waals surface area (Å²) in [5, 5.41) is 9.19. The maximum atomic E-state index is 11.3. The van der Waals surface area contributed by atoms with Gasteiger partial charge in [0.2, 0.25) is 10.0 Å². The Bertz CT molecular complexity index is 1120. The van der Waals surface area contributed by atoms with Gasteiger partial charge in [0.1, 0.15) is 6.61 Å². The first kappa shape index (κ1) is 23.1. The summed E-state index contributed by atoms with van der Waals surface area (Å²) in [6, 6.07) is 19.9. The molecule has 3 rings (SSSR count). The normalized spacial score (nSPS) is 11.3. The van der Waals surface area contributed by atoms with E-state index in [2.05, 4.69) is 5.32 Å². The van der Waals surface area contributed by atoms with Gasteiger partial charge in [-0.1, -0.05) is 48.0 Å². The molecule has 0 aromatic heterocycles. The van der Waals surface area contributed by atoms with Crippen LogP contribution in [0, 0.1) is 0 Å². The average molecular weight is 461 g/mol. The van der Waals surface area contributed by atoms with Gasteiger partial charge in [0.25, 0.3) is 0 Å². The fourth-order valence-electron chi connectivity index (χ4n) is 3.11. The van der Waals surface area contributed by atoms with Crippen LogP contribution in [-0.4, -0.2) is 22.1 Å². The van der Waals surface area contributed by atoms with Gasteiger partial charge in [0, 0.05) is 17.1 Å². The smallest absolute Gasteiger partial charge is 0.238 e. The molecule has 0 aliphatic carbocycles. The van der Waals surface area contributed by atoms with Gasteiger partial charge in [-0.15, -0.1) is 0 Å². The highest BCUT2D eigenvalue weighted by Gasteiger charge is 2.11. The Balaban J connectivity index is 1.59. The van der Waals surface area contributed by atoms with Crippen LogP contribution in [-0.2, 0) is 29.6 Å². The van der Waals surface area contributed by atoms with Gasteiger partial charge < -0.3 is 14.8 Å². The monoisotopic (exact) mass is 460 g/mol. The molecule has 3 aromatic carbocycles. The van der Waals surface area contributed by atoms with E-state index in [9.17, 15) is 8.42 Å². The molecule has 3 aromatic rings. The minimum atomic E-state index is -3.67. The second-order valence-electron chi connectivity index (χ2n) is 6.98. The number of hydrogen-bond donors (Lipinski definition) is 2. The van der Waals surface area contributed by atoms with E-state index >= 15 is 0 Å². The van der Waals surface area contributed by atoms with Crippen molar-refractivity contribution in [2.45, 2.75) is 24.5 Å². The van der Waals surface area contributed by atoms with Crippen molar-refractivity contribution in [3.05, 3.63) is 88.4 Å². The Morgan fingerprint density at radius 3 is 2.42 bits per heavy atom. The van der Waals surface area contributed by atoms with E-state index in [1.807, 2.05) is 42.5 Å². The summed E-state index contributed by atoms with van der Waals surface area (Å²) < 4.78 is 34.2. The molecule has 0 spiro atoms. The lowest BCUT2D eigenvalue weighted by atomic mass is 10.1. The van der Waals surface area contributed by atoms with Crippen LogP contribution in [0.4, 0.5) is 0 Å². The minimum absolute atomic E-state index is 0.113. The summed E-state index contributed by atoms with van der Waals surface area (Å²) >= 11 is 6.06. The molecule has 0 saturated heterocycles. The first-order valence-electron chi connectivity index (χ1n) is 9.72. The van der Waals surface area contributed by atoms with Gasteiger partial charge in [-0.05, 0) is 54.4 Å². The first-order chi connectivity index (χ1) is 14.9. The van der Waals surface area contributed by atoms with Gasteiger partial charge in [-0.3, -0.25) is 0 Å². The van der Waals surface area contributed by atoms with E-state index < -0.39 is 10.0 Å². The topological polar surface area (TPSA) is 90.6 Å². The molecule has 0 radical (unpaired) electrons. The maximum absolute atomic E-state index is 11.3. The molecular weight excluding hydrogens is 436 g/mol. The minimum Gasteiger partial charge on any atom is -0.493 e. The van der Waals surface area contributed by atoms with E-state index in [4.69, 9.17) is 26.2 Å². The molecule has 0 fully saturated rings. The van der Waals surface area contributed by atoms with Gasteiger partial charge in [-0.2, -0.15) is 0 Å². The van der Waals surface area contributed by atoms with Gasteiger partial charge >= 0.3 is 0 Å². The molecule has 0 amide bonds. The van der Waals surface area contributed by atoms with Gasteiger partial charge in [0.05, 0.1) is 12.0 Å². The molecule has 0 atom stereocenters. The molecule has 0 aliphatic rings. The third kappa shape index (κ3) is 6.70. The third-order valence-electron chi connectivity index (χ3n) is 4.71. The van der Waals surface area contributed by atoms with E-state index in [-0.39, 0.29) is 4.90 Å². The molecular formula is C23H25ClN2O4S. The number of hydrogen-bond acceptors (Lipinski definition) is 5. The molecule has 0 aliphatic heterocycles. The molecule has 8 heteroatoms. The highest BCUT2D eigenvalue weighted by atomic mass is 35.5. The summed E-state index contributed by atoms with van der Waals surface area (Å²) in [4.78, 5) is 0.113. The van der Waals surface area contributed by atoms with Crippen LogP contribution in [0.5, 0.6) is 11.5 Å². The van der Waals surface area contributed by atoms with Crippen LogP contribution in [0.25, 0.3) is 0 Å². The Morgan fingerprint density at radius 1 is 1.00 bits per heavy atom. The van der Waals surface area contributed by atoms with Crippen molar-refractivity contribution >= 4 is 21.6 Å². The lowest BCUT2D eigenvalue weighted by Crippen LogP contribution is -2.17. The van der Waals surface area contributed by atoms with E-state index in [1.54, 1.807) is 19.2 Å². The van der Waals surface area contributed by atoms with E-state index in [1.165, 1.54) is 12.1 Å². The van der Waals surface area contributed by atoms with Crippen molar-refractivity contribution in [2.75, 3.05) is 13.7 Å². The number of halogens is 1. The zero-order valence-electron chi connectivity index (χ0n) is 17.2. The summed E-state index contributed by atoms with van der Waals surface area (Å²) in [6.07, 6.45) is 0.744. The lowest BCUT2D eigenvalue weighted by Gasteiger charge is -2.16. The zero-order valence-corrected chi connectivity index (χ0v) is 18.7. The number of sulfonamides is 1. The second kappa shape index (κ2) is 10.6. The average Bonchev–Trinajstić information content (AvgIpc) is 2.75. The van der Waals surface area contributed by atoms with Crippen molar-refractivity contribution in [3.8, 4) is 11.5 Å². The molecule has 0 unspecified atom stereocenters. The number of para-hydroxylation sites is 1. The van der Waals surface area contributed by atoms with Crippen molar-refractivity contribution < 1.29 is 17.9 Å². The third-order valence-corrected chi connectivity index (χ3v) is 5.87. The fourth-order valence-corrected chi connectivity index (χ4v) is 3.84. The van der Waals surface area contributed by atoms with Crippen molar-refractivity contribution in [1.29, 1.82) is 0 Å². The number of nitrogens with one attached hydrogen (secondary N) is 1. The highest BCUT2D eigenvalue weighted by molar-refractivity contribution is 7.89. The van der Waals surface area contributed by atoms with E-state index in [0.29, 0.717) is 36.2 Å². The van der Waals surface area contributed by atoms with E-state index in [0.717, 1.165) is 23.1 Å². The van der Waals surface area contributed by atoms with Crippen LogP contribution in [0.1, 0.15) is 16.7 Å². The Labute approximate surface area is 188 Å². The van der Waals surface area contributed by atoms with Crippen LogP contribution >= 0.6 is 11.6 Å². The lowest BCUT2D eigenvalue weighted by molar-refractivity contribution is 0.280.